The zero-order valence-electron chi connectivity index (χ0n) is 11.1. The van der Waals surface area contributed by atoms with E-state index < -0.39 is 0 Å². The molecule has 2 aromatic carbocycles. The van der Waals surface area contributed by atoms with E-state index in [0.29, 0.717) is 19.8 Å². The summed E-state index contributed by atoms with van der Waals surface area (Å²) in [5, 5.41) is 0.723. The van der Waals surface area contributed by atoms with Crippen LogP contribution >= 0.6 is 11.6 Å². The van der Waals surface area contributed by atoms with Gasteiger partial charge < -0.3 is 10.5 Å². The van der Waals surface area contributed by atoms with Crippen LogP contribution in [0.2, 0.25) is 5.02 Å². The van der Waals surface area contributed by atoms with Crippen molar-refractivity contribution in [1.82, 2.24) is 0 Å². The summed E-state index contributed by atoms with van der Waals surface area (Å²) in [5.74, 6) is 5.92. The number of hydrogen-bond acceptors (Lipinski definition) is 2. The summed E-state index contributed by atoms with van der Waals surface area (Å²) in [5.41, 5.74) is 8.49. The summed E-state index contributed by atoms with van der Waals surface area (Å²) in [6.45, 7) is 1.40. The van der Waals surface area contributed by atoms with Crippen molar-refractivity contribution >= 4 is 11.6 Å². The molecule has 0 heterocycles. The zero-order valence-corrected chi connectivity index (χ0v) is 11.9. The van der Waals surface area contributed by atoms with E-state index >= 15 is 0 Å². The van der Waals surface area contributed by atoms with Crippen LogP contribution in [-0.4, -0.2) is 6.54 Å². The smallest absolute Gasteiger partial charge is 0.0733 e. The number of halogens is 1. The van der Waals surface area contributed by atoms with Crippen molar-refractivity contribution in [3.05, 3.63) is 70.2 Å². The Bertz CT molecular complexity index is 628. The summed E-state index contributed by atoms with van der Waals surface area (Å²) >= 11 is 5.94. The number of rotatable bonds is 4. The van der Waals surface area contributed by atoms with E-state index in [4.69, 9.17) is 22.1 Å². The van der Waals surface area contributed by atoms with Crippen LogP contribution in [0.15, 0.2) is 48.5 Å². The van der Waals surface area contributed by atoms with E-state index in [9.17, 15) is 0 Å². The quantitative estimate of drug-likeness (QED) is 0.874. The molecule has 102 valence electrons. The maximum Gasteiger partial charge on any atom is 0.0733 e. The third-order valence-electron chi connectivity index (χ3n) is 2.76. The van der Waals surface area contributed by atoms with Crippen LogP contribution in [0.3, 0.4) is 0 Å². The molecule has 2 N–H and O–H groups in total. The van der Waals surface area contributed by atoms with E-state index in [1.165, 1.54) is 0 Å². The SMILES string of the molecule is NCC#Cc1ccccc1COCc1cccc(Cl)c1. The summed E-state index contributed by atoms with van der Waals surface area (Å²) in [6, 6.07) is 15.6. The van der Waals surface area contributed by atoms with Crippen molar-refractivity contribution in [2.45, 2.75) is 13.2 Å². The third-order valence-corrected chi connectivity index (χ3v) is 2.99. The first-order chi connectivity index (χ1) is 9.79. The molecule has 0 radical (unpaired) electrons. The lowest BCUT2D eigenvalue weighted by molar-refractivity contribution is 0.107. The molecule has 2 rings (SSSR count). The molecular weight excluding hydrogens is 270 g/mol. The molecule has 0 aliphatic carbocycles. The minimum atomic E-state index is 0.359. The number of nitrogens with two attached hydrogens (primary N) is 1. The van der Waals surface area contributed by atoms with Crippen LogP contribution in [0.25, 0.3) is 0 Å². The van der Waals surface area contributed by atoms with Crippen molar-refractivity contribution in [2.75, 3.05) is 6.54 Å². The first-order valence-electron chi connectivity index (χ1n) is 6.38. The van der Waals surface area contributed by atoms with Gasteiger partial charge in [0, 0.05) is 10.6 Å². The van der Waals surface area contributed by atoms with Gasteiger partial charge in [0.05, 0.1) is 19.8 Å². The lowest BCUT2D eigenvalue weighted by atomic mass is 10.1. The van der Waals surface area contributed by atoms with Gasteiger partial charge in [0.25, 0.3) is 0 Å². The second kappa shape index (κ2) is 7.72. The lowest BCUT2D eigenvalue weighted by Crippen LogP contribution is -1.97. The van der Waals surface area contributed by atoms with Gasteiger partial charge in [-0.3, -0.25) is 0 Å². The van der Waals surface area contributed by atoms with E-state index in [1.54, 1.807) is 0 Å². The van der Waals surface area contributed by atoms with Crippen molar-refractivity contribution in [3.8, 4) is 11.8 Å². The Hall–Kier alpha value is -1.79. The molecule has 0 aliphatic rings. The Morgan fingerprint density at radius 1 is 1.05 bits per heavy atom. The van der Waals surface area contributed by atoms with Gasteiger partial charge >= 0.3 is 0 Å². The van der Waals surface area contributed by atoms with Crippen LogP contribution in [0.4, 0.5) is 0 Å². The van der Waals surface area contributed by atoms with E-state index in [-0.39, 0.29) is 0 Å². The Balaban J connectivity index is 1.97. The number of ether oxygens (including phenoxy) is 1. The highest BCUT2D eigenvalue weighted by molar-refractivity contribution is 6.30. The van der Waals surface area contributed by atoms with Crippen LogP contribution in [0, 0.1) is 11.8 Å². The van der Waals surface area contributed by atoms with Crippen molar-refractivity contribution in [2.24, 2.45) is 5.73 Å². The minimum absolute atomic E-state index is 0.359. The van der Waals surface area contributed by atoms with Gasteiger partial charge in [0.15, 0.2) is 0 Å². The number of hydrogen-bond donors (Lipinski definition) is 1. The molecule has 3 heteroatoms. The average molecular weight is 286 g/mol. The van der Waals surface area contributed by atoms with Gasteiger partial charge in [0.2, 0.25) is 0 Å². The third kappa shape index (κ3) is 4.40. The topological polar surface area (TPSA) is 35.2 Å². The predicted molar refractivity (Wildman–Crippen MR) is 82.3 cm³/mol. The molecule has 0 bridgehead atoms. The molecule has 0 fully saturated rings. The Morgan fingerprint density at radius 2 is 1.90 bits per heavy atom. The van der Waals surface area contributed by atoms with E-state index in [0.717, 1.165) is 21.7 Å². The molecule has 0 aliphatic heterocycles. The van der Waals surface area contributed by atoms with Crippen molar-refractivity contribution in [1.29, 1.82) is 0 Å². The highest BCUT2D eigenvalue weighted by atomic mass is 35.5. The minimum Gasteiger partial charge on any atom is -0.372 e. The molecule has 0 saturated heterocycles. The molecule has 0 saturated carbocycles. The lowest BCUT2D eigenvalue weighted by Gasteiger charge is -2.07. The monoisotopic (exact) mass is 285 g/mol. The standard InChI is InChI=1S/C17H16ClNO/c18-17-9-3-5-14(11-17)12-20-13-16-7-2-1-6-15(16)8-4-10-19/h1-3,5-7,9,11H,10,12-13,19H2. The summed E-state index contributed by atoms with van der Waals surface area (Å²) in [6.07, 6.45) is 0. The summed E-state index contributed by atoms with van der Waals surface area (Å²) in [7, 11) is 0. The molecule has 20 heavy (non-hydrogen) atoms. The predicted octanol–water partition coefficient (Wildman–Crippen LogP) is 3.37. The fourth-order valence-corrected chi connectivity index (χ4v) is 2.03. The van der Waals surface area contributed by atoms with Crippen LogP contribution in [-0.2, 0) is 18.0 Å². The fraction of sp³-hybridized carbons (Fsp3) is 0.176. The van der Waals surface area contributed by atoms with Gasteiger partial charge in [-0.05, 0) is 29.3 Å². The molecule has 0 spiro atoms. The Labute approximate surface area is 124 Å². The van der Waals surface area contributed by atoms with Crippen molar-refractivity contribution in [3.63, 3.8) is 0 Å². The first-order valence-corrected chi connectivity index (χ1v) is 6.76. The second-order valence-electron chi connectivity index (χ2n) is 4.29. The van der Waals surface area contributed by atoms with Crippen molar-refractivity contribution < 1.29 is 4.74 Å². The Kier molecular flexibility index (Phi) is 5.64. The first kappa shape index (κ1) is 14.6. The van der Waals surface area contributed by atoms with E-state index in [1.807, 2.05) is 48.5 Å². The average Bonchev–Trinajstić information content (AvgIpc) is 2.46. The van der Waals surface area contributed by atoms with Gasteiger partial charge in [0.1, 0.15) is 0 Å². The van der Waals surface area contributed by atoms with E-state index in [2.05, 4.69) is 11.8 Å². The largest absolute Gasteiger partial charge is 0.372 e. The molecule has 0 unspecified atom stereocenters. The molecule has 0 amide bonds. The normalized spacial score (nSPS) is 9.90. The van der Waals surface area contributed by atoms with Gasteiger partial charge in [-0.1, -0.05) is 53.8 Å². The Morgan fingerprint density at radius 3 is 2.70 bits per heavy atom. The molecular formula is C17H16ClNO. The van der Waals surface area contributed by atoms with Crippen LogP contribution in [0.1, 0.15) is 16.7 Å². The highest BCUT2D eigenvalue weighted by Crippen LogP contribution is 2.13. The van der Waals surface area contributed by atoms with Crippen LogP contribution in [0.5, 0.6) is 0 Å². The summed E-state index contributed by atoms with van der Waals surface area (Å²) < 4.78 is 5.72. The molecule has 0 aromatic heterocycles. The van der Waals surface area contributed by atoms with Gasteiger partial charge in [-0.25, -0.2) is 0 Å². The van der Waals surface area contributed by atoms with Gasteiger partial charge in [-0.2, -0.15) is 0 Å². The fourth-order valence-electron chi connectivity index (χ4n) is 1.82. The molecule has 0 atom stereocenters. The number of benzene rings is 2. The molecule has 2 nitrogen and oxygen atoms in total. The maximum absolute atomic E-state index is 5.94. The summed E-state index contributed by atoms with van der Waals surface area (Å²) in [4.78, 5) is 0. The van der Waals surface area contributed by atoms with Gasteiger partial charge in [-0.15, -0.1) is 0 Å². The maximum atomic E-state index is 5.94. The highest BCUT2D eigenvalue weighted by Gasteiger charge is 2.00. The molecule has 2 aromatic rings. The zero-order chi connectivity index (χ0) is 14.2. The van der Waals surface area contributed by atoms with Crippen LogP contribution < -0.4 is 5.73 Å². The second-order valence-corrected chi connectivity index (χ2v) is 4.72.